The largest absolute Gasteiger partial charge is 0.496 e. The van der Waals surface area contributed by atoms with Gasteiger partial charge < -0.3 is 19.9 Å². The summed E-state index contributed by atoms with van der Waals surface area (Å²) in [6.07, 6.45) is 3.14. The second kappa shape index (κ2) is 14.8. The van der Waals surface area contributed by atoms with Crippen LogP contribution < -0.4 is 20.9 Å². The Kier molecular flexibility index (Phi) is 10.9. The average Bonchev–Trinajstić information content (AvgIpc) is 3.44. The summed E-state index contributed by atoms with van der Waals surface area (Å²) in [5.41, 5.74) is 1.22. The van der Waals surface area contributed by atoms with Gasteiger partial charge in [-0.2, -0.15) is 4.98 Å². The smallest absolute Gasteiger partial charge is 0.294 e. The van der Waals surface area contributed by atoms with Crippen molar-refractivity contribution in [1.29, 1.82) is 0 Å². The average molecular weight is 629 g/mol. The summed E-state index contributed by atoms with van der Waals surface area (Å²) in [7, 11) is 1.54. The van der Waals surface area contributed by atoms with Gasteiger partial charge in [0.1, 0.15) is 17.6 Å². The van der Waals surface area contributed by atoms with Gasteiger partial charge in [-0.15, -0.1) is 11.8 Å². The van der Waals surface area contributed by atoms with Crippen molar-refractivity contribution >= 4 is 40.9 Å². The summed E-state index contributed by atoms with van der Waals surface area (Å²) >= 11 is 7.23. The van der Waals surface area contributed by atoms with Crippen LogP contribution in [0.1, 0.15) is 36.3 Å². The number of methoxy groups -OCH3 is 1. The van der Waals surface area contributed by atoms with E-state index in [-0.39, 0.29) is 36.2 Å². The quantitative estimate of drug-likeness (QED) is 0.204. The van der Waals surface area contributed by atoms with E-state index in [0.717, 1.165) is 0 Å². The highest BCUT2D eigenvalue weighted by Gasteiger charge is 2.22. The van der Waals surface area contributed by atoms with Crippen molar-refractivity contribution in [2.75, 3.05) is 24.7 Å². The molecule has 0 aliphatic rings. The Labute approximate surface area is 256 Å². The first-order chi connectivity index (χ1) is 20.7. The molecule has 4 rings (SSSR count). The number of benzene rings is 2. The molecule has 1 unspecified atom stereocenters. The fourth-order valence-corrected chi connectivity index (χ4v) is 5.47. The molecule has 2 aromatic carbocycles. The molecule has 0 aliphatic carbocycles. The lowest BCUT2D eigenvalue weighted by molar-refractivity contribution is -0.127. The van der Waals surface area contributed by atoms with Crippen molar-refractivity contribution < 1.29 is 23.2 Å². The van der Waals surface area contributed by atoms with Crippen LogP contribution in [0.5, 0.6) is 5.75 Å². The fourth-order valence-electron chi connectivity index (χ4n) is 4.23. The third-order valence-corrected chi connectivity index (χ3v) is 7.80. The van der Waals surface area contributed by atoms with Crippen LogP contribution in [0.15, 0.2) is 58.1 Å². The molecule has 0 saturated heterocycles. The molecule has 0 fully saturated rings. The third kappa shape index (κ3) is 7.99. The zero-order chi connectivity index (χ0) is 30.9. The zero-order valence-corrected chi connectivity index (χ0v) is 25.3. The molecule has 0 saturated carbocycles. The Hall–Kier alpha value is -4.23. The predicted molar refractivity (Wildman–Crippen MR) is 162 cm³/mol. The number of nitrogens with zero attached hydrogens (tertiary/aromatic N) is 4. The maximum absolute atomic E-state index is 13.9. The molecule has 0 radical (unpaired) electrons. The topological polar surface area (TPSA) is 141 Å². The molecule has 2 heterocycles. The number of thioether (sulfide) groups is 1. The van der Waals surface area contributed by atoms with E-state index in [1.807, 2.05) is 6.07 Å². The highest BCUT2D eigenvalue weighted by molar-refractivity contribution is 7.99. The standard InChI is InChI=1S/C29H30ClFN6O5S/c1-4-24(27(39)34-14-20(38)15-43-16-21-22(30)6-5-7-23(21)31)37-11-10-32-26(29(37)40)33-13-19-12-18(8-9-25(19)41-3)28-35-17(2)36-42-28/h5-12,24H,4,13-16H2,1-3H3,(H,32,33)(H,34,39). The predicted octanol–water partition coefficient (Wildman–Crippen LogP) is 4.58. The minimum Gasteiger partial charge on any atom is -0.496 e. The summed E-state index contributed by atoms with van der Waals surface area (Å²) < 4.78 is 25.9. The highest BCUT2D eigenvalue weighted by atomic mass is 35.5. The second-order valence-electron chi connectivity index (χ2n) is 9.39. The van der Waals surface area contributed by atoms with Gasteiger partial charge in [-0.1, -0.05) is 29.7 Å². The van der Waals surface area contributed by atoms with Crippen LogP contribution in [-0.4, -0.2) is 50.8 Å². The van der Waals surface area contributed by atoms with Crippen molar-refractivity contribution in [2.45, 2.75) is 38.6 Å². The number of ether oxygens (including phenoxy) is 1. The number of anilines is 1. The van der Waals surface area contributed by atoms with Crippen molar-refractivity contribution in [3.05, 3.63) is 86.9 Å². The van der Waals surface area contributed by atoms with Crippen molar-refractivity contribution in [1.82, 2.24) is 25.0 Å². The number of nitrogens with one attached hydrogen (secondary N) is 2. The number of aromatic nitrogens is 4. The van der Waals surface area contributed by atoms with E-state index in [0.29, 0.717) is 45.6 Å². The van der Waals surface area contributed by atoms with Crippen LogP contribution in [0.3, 0.4) is 0 Å². The Morgan fingerprint density at radius 2 is 2.07 bits per heavy atom. The van der Waals surface area contributed by atoms with Crippen LogP contribution in [-0.2, 0) is 21.9 Å². The summed E-state index contributed by atoms with van der Waals surface area (Å²) in [5.74, 6) is 0.573. The SMILES string of the molecule is CCC(C(=O)NCC(=O)CSCc1c(F)cccc1Cl)n1ccnc(NCc2cc(-c3nc(C)no3)ccc2OC)c1=O. The number of halogens is 2. The van der Waals surface area contributed by atoms with Crippen LogP contribution in [0, 0.1) is 12.7 Å². The van der Waals surface area contributed by atoms with Gasteiger partial charge in [-0.05, 0) is 43.7 Å². The van der Waals surface area contributed by atoms with Gasteiger partial charge in [0, 0.05) is 46.4 Å². The molecular formula is C29H30ClFN6O5S. The first-order valence-corrected chi connectivity index (χ1v) is 14.8. The Bertz CT molecular complexity index is 1640. The van der Waals surface area contributed by atoms with E-state index in [1.54, 1.807) is 32.0 Å². The maximum atomic E-state index is 13.9. The first-order valence-electron chi connectivity index (χ1n) is 13.3. The van der Waals surface area contributed by atoms with Crippen LogP contribution in [0.4, 0.5) is 10.2 Å². The van der Waals surface area contributed by atoms with E-state index in [2.05, 4.69) is 25.8 Å². The minimum atomic E-state index is -0.868. The monoisotopic (exact) mass is 628 g/mol. The molecule has 0 spiro atoms. The van der Waals surface area contributed by atoms with Gasteiger partial charge in [-0.3, -0.25) is 19.0 Å². The van der Waals surface area contributed by atoms with Gasteiger partial charge in [0.15, 0.2) is 17.4 Å². The van der Waals surface area contributed by atoms with E-state index >= 15 is 0 Å². The Morgan fingerprint density at radius 3 is 2.77 bits per heavy atom. The van der Waals surface area contributed by atoms with E-state index in [1.165, 1.54) is 48.0 Å². The van der Waals surface area contributed by atoms with E-state index < -0.39 is 23.3 Å². The second-order valence-corrected chi connectivity index (χ2v) is 10.8. The summed E-state index contributed by atoms with van der Waals surface area (Å²) in [4.78, 5) is 47.1. The molecule has 0 aliphatic heterocycles. The molecule has 226 valence electrons. The van der Waals surface area contributed by atoms with Gasteiger partial charge >= 0.3 is 0 Å². The van der Waals surface area contributed by atoms with Crippen molar-refractivity contribution in [2.24, 2.45) is 0 Å². The number of carbonyl (C=O) groups excluding carboxylic acids is 2. The number of rotatable bonds is 14. The van der Waals surface area contributed by atoms with Crippen LogP contribution in [0.2, 0.25) is 5.02 Å². The molecule has 2 N–H and O–H groups in total. The minimum absolute atomic E-state index is 0.0362. The Balaban J connectivity index is 1.37. The number of hydrogen-bond donors (Lipinski definition) is 2. The highest BCUT2D eigenvalue weighted by Crippen LogP contribution is 2.27. The molecule has 43 heavy (non-hydrogen) atoms. The van der Waals surface area contributed by atoms with E-state index in [4.69, 9.17) is 20.9 Å². The van der Waals surface area contributed by atoms with Crippen molar-refractivity contribution in [3.8, 4) is 17.2 Å². The van der Waals surface area contributed by atoms with Crippen LogP contribution >= 0.6 is 23.4 Å². The summed E-state index contributed by atoms with van der Waals surface area (Å²) in [5, 5.41) is 9.74. The lowest BCUT2D eigenvalue weighted by Gasteiger charge is -2.18. The van der Waals surface area contributed by atoms with Gasteiger partial charge in [-0.25, -0.2) is 9.37 Å². The molecule has 1 amide bonds. The number of carbonyl (C=O) groups is 2. The van der Waals surface area contributed by atoms with E-state index in [9.17, 15) is 18.8 Å². The lowest BCUT2D eigenvalue weighted by Crippen LogP contribution is -2.40. The third-order valence-electron chi connectivity index (χ3n) is 6.43. The lowest BCUT2D eigenvalue weighted by atomic mass is 10.1. The molecular weight excluding hydrogens is 599 g/mol. The Morgan fingerprint density at radius 1 is 1.26 bits per heavy atom. The van der Waals surface area contributed by atoms with Crippen LogP contribution in [0.25, 0.3) is 11.5 Å². The van der Waals surface area contributed by atoms with Crippen molar-refractivity contribution in [3.63, 3.8) is 0 Å². The van der Waals surface area contributed by atoms with Gasteiger partial charge in [0.25, 0.3) is 11.4 Å². The van der Waals surface area contributed by atoms with Gasteiger partial charge in [0.05, 0.1) is 19.4 Å². The molecule has 4 aromatic rings. The number of Topliss-reactive ketones (excluding diaryl/α,β-unsaturated/α-hetero) is 1. The number of amides is 1. The molecule has 0 bridgehead atoms. The number of aryl methyl sites for hydroxylation is 1. The summed E-state index contributed by atoms with van der Waals surface area (Å²) in [6.45, 7) is 3.44. The summed E-state index contributed by atoms with van der Waals surface area (Å²) in [6, 6.07) is 8.89. The first kappa shape index (κ1) is 31.7. The normalized spacial score (nSPS) is 11.7. The molecule has 2 aromatic heterocycles. The molecule has 14 heteroatoms. The maximum Gasteiger partial charge on any atom is 0.294 e. The molecule has 11 nitrogen and oxygen atoms in total. The van der Waals surface area contributed by atoms with Gasteiger partial charge in [0.2, 0.25) is 5.91 Å². The fraction of sp³-hybridized carbons (Fsp3) is 0.310. The number of ketones is 1. The number of hydrogen-bond acceptors (Lipinski definition) is 10. The zero-order valence-electron chi connectivity index (χ0n) is 23.7. The molecule has 1 atom stereocenters.